The lowest BCUT2D eigenvalue weighted by Gasteiger charge is -2.02. The highest BCUT2D eigenvalue weighted by atomic mass is 16.6. The van der Waals surface area contributed by atoms with Crippen molar-refractivity contribution in [3.63, 3.8) is 0 Å². The lowest BCUT2D eigenvalue weighted by atomic mass is 10.1. The Balaban J connectivity index is 1.86. The average Bonchev–Trinajstić information content (AvgIpc) is 2.46. The second-order valence-corrected chi connectivity index (χ2v) is 4.38. The minimum Gasteiger partial charge on any atom is -0.490 e. The van der Waals surface area contributed by atoms with Gasteiger partial charge in [0.15, 0.2) is 0 Å². The van der Waals surface area contributed by atoms with Gasteiger partial charge in [-0.25, -0.2) is 0 Å². The molecule has 2 rings (SSSR count). The lowest BCUT2D eigenvalue weighted by Crippen LogP contribution is -1.94. The number of nitro benzene ring substituents is 1. The zero-order valence-corrected chi connectivity index (χ0v) is 11.2. The smallest absolute Gasteiger partial charge is 0.269 e. The van der Waals surface area contributed by atoms with E-state index in [0.29, 0.717) is 12.4 Å². The highest BCUT2D eigenvalue weighted by Gasteiger charge is 2.03. The highest BCUT2D eigenvalue weighted by molar-refractivity contribution is 5.49. The summed E-state index contributed by atoms with van der Waals surface area (Å²) in [5, 5.41) is 10.5. The minimum absolute atomic E-state index is 0.0625. The molecule has 0 aliphatic carbocycles. The van der Waals surface area contributed by atoms with Crippen LogP contribution in [0, 0.1) is 17.0 Å². The van der Waals surface area contributed by atoms with E-state index in [1.54, 1.807) is 12.1 Å². The van der Waals surface area contributed by atoms with Crippen molar-refractivity contribution in [3.8, 4) is 5.75 Å². The molecule has 4 heteroatoms. The van der Waals surface area contributed by atoms with E-state index in [1.807, 2.05) is 31.2 Å². The molecule has 0 aromatic heterocycles. The van der Waals surface area contributed by atoms with Crippen molar-refractivity contribution in [1.29, 1.82) is 0 Å². The summed E-state index contributed by atoms with van der Waals surface area (Å²) in [4.78, 5) is 10.1. The number of non-ortho nitro benzene ring substituents is 1. The lowest BCUT2D eigenvalue weighted by molar-refractivity contribution is -0.384. The maximum Gasteiger partial charge on any atom is 0.269 e. The fourth-order valence-electron chi connectivity index (χ4n) is 1.67. The van der Waals surface area contributed by atoms with Crippen LogP contribution < -0.4 is 4.74 Å². The summed E-state index contributed by atoms with van der Waals surface area (Å²) in [6.07, 6.45) is 3.89. The molecule has 0 saturated heterocycles. The second kappa shape index (κ2) is 6.52. The van der Waals surface area contributed by atoms with E-state index in [2.05, 4.69) is 12.1 Å². The van der Waals surface area contributed by atoms with Crippen molar-refractivity contribution in [1.82, 2.24) is 0 Å². The predicted octanol–water partition coefficient (Wildman–Crippen LogP) is 4.00. The topological polar surface area (TPSA) is 52.4 Å². The van der Waals surface area contributed by atoms with Gasteiger partial charge in [0.05, 0.1) is 4.92 Å². The summed E-state index contributed by atoms with van der Waals surface area (Å²) >= 11 is 0. The molecule has 0 spiro atoms. The van der Waals surface area contributed by atoms with E-state index in [9.17, 15) is 10.1 Å². The van der Waals surface area contributed by atoms with E-state index in [-0.39, 0.29) is 5.69 Å². The van der Waals surface area contributed by atoms with E-state index in [1.165, 1.54) is 17.7 Å². The Morgan fingerprint density at radius 2 is 1.75 bits per heavy atom. The maximum absolute atomic E-state index is 10.5. The molecule has 2 aromatic rings. The van der Waals surface area contributed by atoms with Crippen molar-refractivity contribution < 1.29 is 9.66 Å². The molecule has 20 heavy (non-hydrogen) atoms. The van der Waals surface area contributed by atoms with Gasteiger partial charge in [-0.05, 0) is 30.7 Å². The van der Waals surface area contributed by atoms with E-state index in [0.717, 1.165) is 5.56 Å². The van der Waals surface area contributed by atoms with Crippen molar-refractivity contribution in [2.75, 3.05) is 6.61 Å². The van der Waals surface area contributed by atoms with Gasteiger partial charge in [0.2, 0.25) is 0 Å². The number of ether oxygens (including phenoxy) is 1. The van der Waals surface area contributed by atoms with Crippen LogP contribution >= 0.6 is 0 Å². The number of nitro groups is 1. The number of benzene rings is 2. The van der Waals surface area contributed by atoms with E-state index < -0.39 is 4.92 Å². The van der Waals surface area contributed by atoms with Gasteiger partial charge in [-0.2, -0.15) is 0 Å². The van der Waals surface area contributed by atoms with Gasteiger partial charge in [-0.15, -0.1) is 0 Å². The minimum atomic E-state index is -0.429. The third kappa shape index (κ3) is 3.95. The van der Waals surface area contributed by atoms with Crippen LogP contribution in [0.15, 0.2) is 54.6 Å². The molecule has 0 atom stereocenters. The number of hydrogen-bond acceptors (Lipinski definition) is 3. The van der Waals surface area contributed by atoms with Crippen LogP contribution in [0.25, 0.3) is 6.08 Å². The van der Waals surface area contributed by atoms with Gasteiger partial charge in [0.25, 0.3) is 5.69 Å². The van der Waals surface area contributed by atoms with Crippen molar-refractivity contribution >= 4 is 11.8 Å². The van der Waals surface area contributed by atoms with Crippen LogP contribution in [0.1, 0.15) is 11.1 Å². The molecule has 4 nitrogen and oxygen atoms in total. The summed E-state index contributed by atoms with van der Waals surface area (Å²) in [6, 6.07) is 14.2. The molecule has 0 fully saturated rings. The standard InChI is InChI=1S/C16H15NO3/c1-13-4-6-14(7-5-13)3-2-12-20-16-10-8-15(9-11-16)17(18)19/h2-11H,12H2,1H3. The van der Waals surface area contributed by atoms with Gasteiger partial charge >= 0.3 is 0 Å². The molecule has 0 aliphatic heterocycles. The van der Waals surface area contributed by atoms with Crippen LogP contribution in [-0.2, 0) is 0 Å². The molecule has 102 valence electrons. The first-order chi connectivity index (χ1) is 9.65. The zero-order valence-electron chi connectivity index (χ0n) is 11.2. The van der Waals surface area contributed by atoms with Gasteiger partial charge in [-0.1, -0.05) is 35.9 Å². The summed E-state index contributed by atoms with van der Waals surface area (Å²) < 4.78 is 5.48. The first kappa shape index (κ1) is 13.8. The van der Waals surface area contributed by atoms with Crippen LogP contribution in [-0.4, -0.2) is 11.5 Å². The van der Waals surface area contributed by atoms with Crippen LogP contribution in [0.2, 0.25) is 0 Å². The molecule has 0 aliphatic rings. The Morgan fingerprint density at radius 3 is 2.35 bits per heavy atom. The van der Waals surface area contributed by atoms with E-state index in [4.69, 9.17) is 4.74 Å². The van der Waals surface area contributed by atoms with Gasteiger partial charge in [0.1, 0.15) is 12.4 Å². The normalized spacial score (nSPS) is 10.7. The van der Waals surface area contributed by atoms with Crippen molar-refractivity contribution in [2.24, 2.45) is 0 Å². The molecule has 0 amide bonds. The Bertz CT molecular complexity index is 601. The third-order valence-corrected chi connectivity index (χ3v) is 2.78. The summed E-state index contributed by atoms with van der Waals surface area (Å²) in [5.74, 6) is 0.615. The zero-order chi connectivity index (χ0) is 14.4. The van der Waals surface area contributed by atoms with Crippen molar-refractivity contribution in [3.05, 3.63) is 75.8 Å². The summed E-state index contributed by atoms with van der Waals surface area (Å²) in [7, 11) is 0. The number of nitrogens with zero attached hydrogens (tertiary/aromatic N) is 1. The van der Waals surface area contributed by atoms with Crippen LogP contribution in [0.4, 0.5) is 5.69 Å². The van der Waals surface area contributed by atoms with Gasteiger partial charge in [0, 0.05) is 12.1 Å². The monoisotopic (exact) mass is 269 g/mol. The Labute approximate surface area is 117 Å². The summed E-state index contributed by atoms with van der Waals surface area (Å²) in [5.41, 5.74) is 2.40. The molecular weight excluding hydrogens is 254 g/mol. The third-order valence-electron chi connectivity index (χ3n) is 2.78. The molecule has 0 radical (unpaired) electrons. The molecule has 0 unspecified atom stereocenters. The number of aryl methyl sites for hydroxylation is 1. The first-order valence-corrected chi connectivity index (χ1v) is 6.25. The fraction of sp³-hybridized carbons (Fsp3) is 0.125. The largest absolute Gasteiger partial charge is 0.490 e. The highest BCUT2D eigenvalue weighted by Crippen LogP contribution is 2.17. The Kier molecular flexibility index (Phi) is 4.50. The first-order valence-electron chi connectivity index (χ1n) is 6.25. The van der Waals surface area contributed by atoms with Gasteiger partial charge in [-0.3, -0.25) is 10.1 Å². The Hall–Kier alpha value is -2.62. The second-order valence-electron chi connectivity index (χ2n) is 4.38. The molecular formula is C16H15NO3. The molecule has 2 aromatic carbocycles. The summed E-state index contributed by atoms with van der Waals surface area (Å²) in [6.45, 7) is 2.47. The molecule has 0 N–H and O–H groups in total. The van der Waals surface area contributed by atoms with Crippen LogP contribution in [0.5, 0.6) is 5.75 Å². The van der Waals surface area contributed by atoms with Gasteiger partial charge < -0.3 is 4.74 Å². The number of rotatable bonds is 5. The fourth-order valence-corrected chi connectivity index (χ4v) is 1.67. The molecule has 0 bridgehead atoms. The quantitative estimate of drug-likeness (QED) is 0.609. The van der Waals surface area contributed by atoms with Crippen LogP contribution in [0.3, 0.4) is 0 Å². The number of hydrogen-bond donors (Lipinski definition) is 0. The Morgan fingerprint density at radius 1 is 1.10 bits per heavy atom. The average molecular weight is 269 g/mol. The maximum atomic E-state index is 10.5. The molecule has 0 saturated carbocycles. The van der Waals surface area contributed by atoms with E-state index >= 15 is 0 Å². The SMILES string of the molecule is Cc1ccc(C=CCOc2ccc([N+](=O)[O-])cc2)cc1. The molecule has 0 heterocycles. The van der Waals surface area contributed by atoms with Crippen molar-refractivity contribution in [2.45, 2.75) is 6.92 Å². The predicted molar refractivity (Wildman–Crippen MR) is 78.8 cm³/mol.